The van der Waals surface area contributed by atoms with E-state index in [0.29, 0.717) is 23.7 Å². The minimum absolute atomic E-state index is 0.166. The molecule has 0 bridgehead atoms. The number of anilines is 1. The van der Waals surface area contributed by atoms with Crippen molar-refractivity contribution in [3.05, 3.63) is 62.1 Å². The third kappa shape index (κ3) is 6.77. The summed E-state index contributed by atoms with van der Waals surface area (Å²) in [5.41, 5.74) is 11.6. The Bertz CT molecular complexity index is 1200. The van der Waals surface area contributed by atoms with E-state index in [0.717, 1.165) is 60.3 Å². The van der Waals surface area contributed by atoms with Crippen molar-refractivity contribution in [2.45, 2.75) is 72.0 Å². The molecule has 0 unspecified atom stereocenters. The van der Waals surface area contributed by atoms with Crippen LogP contribution < -0.4 is 21.5 Å². The molecule has 0 saturated heterocycles. The molecule has 194 valence electrons. The maximum absolute atomic E-state index is 13.4. The molecule has 7 nitrogen and oxygen atoms in total. The number of nitrogens with zero attached hydrogens (tertiary/aromatic N) is 2. The molecular weight excluding hydrogens is 450 g/mol. The number of pyridine rings is 1. The van der Waals surface area contributed by atoms with Crippen LogP contribution >= 0.6 is 0 Å². The summed E-state index contributed by atoms with van der Waals surface area (Å²) in [4.78, 5) is 33.1. The van der Waals surface area contributed by atoms with Crippen LogP contribution in [0.5, 0.6) is 0 Å². The summed E-state index contributed by atoms with van der Waals surface area (Å²) in [7, 11) is 3.96. The SMILES string of the molecule is CCN(c1cc(C#CCN(C)C)cc(C(=O)NCc2c(C)cc(C)[nH]c2=O)c1C)[C@H]1CC[C@H](N)CC1. The van der Waals surface area contributed by atoms with Crippen LogP contribution in [0.4, 0.5) is 5.69 Å². The Morgan fingerprint density at radius 1 is 1.14 bits per heavy atom. The van der Waals surface area contributed by atoms with Gasteiger partial charge in [-0.2, -0.15) is 0 Å². The summed E-state index contributed by atoms with van der Waals surface area (Å²) in [6.45, 7) is 9.55. The summed E-state index contributed by atoms with van der Waals surface area (Å²) in [6.07, 6.45) is 4.12. The maximum Gasteiger partial charge on any atom is 0.253 e. The van der Waals surface area contributed by atoms with E-state index >= 15 is 0 Å². The molecule has 1 aromatic carbocycles. The summed E-state index contributed by atoms with van der Waals surface area (Å²) in [6, 6.07) is 6.57. The van der Waals surface area contributed by atoms with Crippen molar-refractivity contribution in [3.8, 4) is 11.8 Å². The average Bonchev–Trinajstić information content (AvgIpc) is 2.81. The van der Waals surface area contributed by atoms with Gasteiger partial charge in [-0.25, -0.2) is 0 Å². The molecular formula is C29H41N5O2. The second kappa shape index (κ2) is 12.2. The summed E-state index contributed by atoms with van der Waals surface area (Å²) >= 11 is 0. The number of nitrogens with one attached hydrogen (secondary N) is 2. The number of rotatable bonds is 7. The van der Waals surface area contributed by atoms with Crippen LogP contribution in [0.1, 0.15) is 70.9 Å². The van der Waals surface area contributed by atoms with Crippen LogP contribution in [0.15, 0.2) is 23.0 Å². The molecule has 2 aromatic rings. The number of carbonyl (C=O) groups excluding carboxylic acids is 1. The van der Waals surface area contributed by atoms with E-state index in [1.807, 2.05) is 51.9 Å². The minimum atomic E-state index is -0.203. The Morgan fingerprint density at radius 2 is 1.83 bits per heavy atom. The van der Waals surface area contributed by atoms with E-state index < -0.39 is 0 Å². The van der Waals surface area contributed by atoms with Gasteiger partial charge in [-0.3, -0.25) is 14.5 Å². The lowest BCUT2D eigenvalue weighted by molar-refractivity contribution is 0.0950. The second-order valence-corrected chi connectivity index (χ2v) is 10.2. The zero-order valence-corrected chi connectivity index (χ0v) is 22.6. The van der Waals surface area contributed by atoms with Crippen molar-refractivity contribution < 1.29 is 4.79 Å². The molecule has 36 heavy (non-hydrogen) atoms. The Kier molecular flexibility index (Phi) is 9.36. The van der Waals surface area contributed by atoms with E-state index in [-0.39, 0.29) is 24.1 Å². The number of carbonyl (C=O) groups is 1. The van der Waals surface area contributed by atoms with Gasteiger partial charge in [0.15, 0.2) is 0 Å². The quantitative estimate of drug-likeness (QED) is 0.517. The lowest BCUT2D eigenvalue weighted by Crippen LogP contribution is -2.41. The largest absolute Gasteiger partial charge is 0.369 e. The first-order chi connectivity index (χ1) is 17.1. The summed E-state index contributed by atoms with van der Waals surface area (Å²) in [5, 5.41) is 2.98. The lowest BCUT2D eigenvalue weighted by Gasteiger charge is -2.38. The first kappa shape index (κ1) is 27.5. The molecule has 0 atom stereocenters. The molecule has 1 fully saturated rings. The van der Waals surface area contributed by atoms with Gasteiger partial charge in [0.2, 0.25) is 0 Å². The van der Waals surface area contributed by atoms with Gasteiger partial charge in [0.25, 0.3) is 11.5 Å². The number of hydrogen-bond acceptors (Lipinski definition) is 5. The molecule has 0 aliphatic heterocycles. The molecule has 4 N–H and O–H groups in total. The molecule has 0 spiro atoms. The Labute approximate surface area is 215 Å². The lowest BCUT2D eigenvalue weighted by atomic mass is 9.89. The zero-order chi connectivity index (χ0) is 26.4. The normalized spacial score (nSPS) is 17.4. The van der Waals surface area contributed by atoms with Crippen LogP contribution in [0, 0.1) is 32.6 Å². The number of hydrogen-bond donors (Lipinski definition) is 3. The number of benzene rings is 1. The first-order valence-corrected chi connectivity index (χ1v) is 12.9. The van der Waals surface area contributed by atoms with Crippen molar-refractivity contribution in [1.82, 2.24) is 15.2 Å². The van der Waals surface area contributed by atoms with Gasteiger partial charge >= 0.3 is 0 Å². The van der Waals surface area contributed by atoms with E-state index in [2.05, 4.69) is 40.0 Å². The third-order valence-electron chi connectivity index (χ3n) is 7.00. The maximum atomic E-state index is 13.4. The number of aromatic amines is 1. The van der Waals surface area contributed by atoms with Crippen molar-refractivity contribution in [3.63, 3.8) is 0 Å². The van der Waals surface area contributed by atoms with Crippen LogP contribution in [-0.4, -0.2) is 55.1 Å². The molecule has 1 heterocycles. The molecule has 0 radical (unpaired) electrons. The molecule has 1 aromatic heterocycles. The van der Waals surface area contributed by atoms with Gasteiger partial charge in [-0.15, -0.1) is 0 Å². The number of amides is 1. The standard InChI is InChI=1S/C29H41N5O2/c1-7-34(24-12-10-23(30)11-13-24)27-17-22(9-8-14-33(5)6)16-25(21(27)4)28(35)31-18-26-19(2)15-20(3)32-29(26)36/h15-17,23-24H,7,10-14,18,30H2,1-6H3,(H,31,35)(H,32,36)/t23-,24-. The second-order valence-electron chi connectivity index (χ2n) is 10.2. The molecule has 1 aliphatic rings. The number of aryl methyl sites for hydroxylation is 2. The third-order valence-corrected chi connectivity index (χ3v) is 7.00. The molecule has 1 aliphatic carbocycles. The smallest absolute Gasteiger partial charge is 0.253 e. The van der Waals surface area contributed by atoms with Crippen molar-refractivity contribution in [2.24, 2.45) is 5.73 Å². The molecule has 3 rings (SSSR count). The zero-order valence-electron chi connectivity index (χ0n) is 22.6. The van der Waals surface area contributed by atoms with Crippen molar-refractivity contribution in [1.29, 1.82) is 0 Å². The van der Waals surface area contributed by atoms with Crippen LogP contribution in [0.3, 0.4) is 0 Å². The topological polar surface area (TPSA) is 94.5 Å². The Morgan fingerprint density at radius 3 is 2.44 bits per heavy atom. The van der Waals surface area contributed by atoms with E-state index in [1.165, 1.54) is 0 Å². The highest BCUT2D eigenvalue weighted by Crippen LogP contribution is 2.32. The number of nitrogens with two attached hydrogens (primary N) is 1. The van der Waals surface area contributed by atoms with Crippen LogP contribution in [-0.2, 0) is 6.54 Å². The van der Waals surface area contributed by atoms with Crippen molar-refractivity contribution >= 4 is 11.6 Å². The van der Waals surface area contributed by atoms with E-state index in [1.54, 1.807) is 0 Å². The van der Waals surface area contributed by atoms with Gasteiger partial charge in [0, 0.05) is 53.2 Å². The molecule has 1 saturated carbocycles. The summed E-state index contributed by atoms with van der Waals surface area (Å²) in [5.74, 6) is 6.25. The van der Waals surface area contributed by atoms with E-state index in [4.69, 9.17) is 5.73 Å². The fraction of sp³-hybridized carbons (Fsp3) is 0.517. The highest BCUT2D eigenvalue weighted by molar-refractivity contribution is 5.97. The number of H-pyrrole nitrogens is 1. The van der Waals surface area contributed by atoms with Gasteiger partial charge in [0.1, 0.15) is 0 Å². The molecule has 1 amide bonds. The molecule has 7 heteroatoms. The summed E-state index contributed by atoms with van der Waals surface area (Å²) < 4.78 is 0. The van der Waals surface area contributed by atoms with Crippen LogP contribution in [0.25, 0.3) is 0 Å². The monoisotopic (exact) mass is 491 g/mol. The minimum Gasteiger partial charge on any atom is -0.369 e. The fourth-order valence-electron chi connectivity index (χ4n) is 5.01. The highest BCUT2D eigenvalue weighted by atomic mass is 16.1. The average molecular weight is 492 g/mol. The Hall–Kier alpha value is -3.08. The van der Waals surface area contributed by atoms with Gasteiger partial charge in [-0.1, -0.05) is 11.8 Å². The van der Waals surface area contributed by atoms with Crippen LogP contribution in [0.2, 0.25) is 0 Å². The van der Waals surface area contributed by atoms with Gasteiger partial charge < -0.3 is 20.9 Å². The predicted molar refractivity (Wildman–Crippen MR) is 148 cm³/mol. The number of aromatic nitrogens is 1. The Balaban J connectivity index is 1.96. The van der Waals surface area contributed by atoms with Crippen molar-refractivity contribution in [2.75, 3.05) is 32.1 Å². The highest BCUT2D eigenvalue weighted by Gasteiger charge is 2.26. The van der Waals surface area contributed by atoms with E-state index in [9.17, 15) is 9.59 Å². The van der Waals surface area contributed by atoms with Gasteiger partial charge in [0.05, 0.1) is 6.54 Å². The fourth-order valence-corrected chi connectivity index (χ4v) is 5.01. The van der Waals surface area contributed by atoms with Gasteiger partial charge in [-0.05, 0) is 96.8 Å². The predicted octanol–water partition coefficient (Wildman–Crippen LogP) is 3.24. The first-order valence-electron chi connectivity index (χ1n) is 12.9.